The van der Waals surface area contributed by atoms with Crippen LogP contribution in [0.5, 0.6) is 0 Å². The molecule has 1 aliphatic rings. The number of pyridine rings is 2. The normalized spacial score (nSPS) is 14.4. The molecule has 0 saturated heterocycles. The van der Waals surface area contributed by atoms with E-state index in [1.165, 1.54) is 5.56 Å². The maximum Gasteiger partial charge on any atom is 0.126 e. The quantitative estimate of drug-likeness (QED) is 0.198. The van der Waals surface area contributed by atoms with Crippen LogP contribution in [0.25, 0.3) is 44.3 Å². The zero-order valence-electron chi connectivity index (χ0n) is 22.4. The van der Waals surface area contributed by atoms with E-state index in [1.54, 1.807) is 18.5 Å². The largest absolute Gasteiger partial charge is 0.352 e. The summed E-state index contributed by atoms with van der Waals surface area (Å²) in [6.07, 6.45) is 18.2. The molecule has 6 rings (SSSR count). The van der Waals surface area contributed by atoms with E-state index < -0.39 is 0 Å². The molecule has 0 aliphatic heterocycles. The van der Waals surface area contributed by atoms with Crippen molar-refractivity contribution in [3.8, 4) is 11.4 Å². The molecule has 0 saturated carbocycles. The van der Waals surface area contributed by atoms with Gasteiger partial charge in [-0.05, 0) is 79.2 Å². The van der Waals surface area contributed by atoms with E-state index in [1.807, 2.05) is 37.4 Å². The van der Waals surface area contributed by atoms with Gasteiger partial charge in [0.25, 0.3) is 0 Å². The third-order valence-electron chi connectivity index (χ3n) is 7.44. The average molecular weight is 528 g/mol. The highest BCUT2D eigenvalue weighted by Crippen LogP contribution is 2.36. The second kappa shape index (κ2) is 11.1. The first-order valence-electron chi connectivity index (χ1n) is 13.5. The molecule has 0 radical (unpaired) electrons. The molecule has 0 bridgehead atoms. The molecule has 1 aromatic carbocycles. The van der Waals surface area contributed by atoms with Crippen molar-refractivity contribution in [3.05, 3.63) is 126 Å². The van der Waals surface area contributed by atoms with E-state index in [9.17, 15) is 4.39 Å². The number of allylic oxidation sites excluding steroid dienone is 9. The van der Waals surface area contributed by atoms with Crippen molar-refractivity contribution in [2.75, 3.05) is 0 Å². The molecule has 2 N–H and O–H groups in total. The van der Waals surface area contributed by atoms with E-state index in [0.717, 1.165) is 74.9 Å². The monoisotopic (exact) mass is 527 g/mol. The summed E-state index contributed by atoms with van der Waals surface area (Å²) < 4.78 is 14.7. The molecule has 5 aromatic rings. The second-order valence-corrected chi connectivity index (χ2v) is 9.94. The van der Waals surface area contributed by atoms with Gasteiger partial charge in [0.15, 0.2) is 0 Å². The third kappa shape index (κ3) is 4.96. The van der Waals surface area contributed by atoms with Crippen LogP contribution in [0, 0.1) is 0 Å². The highest BCUT2D eigenvalue weighted by molar-refractivity contribution is 6.00. The number of benzene rings is 1. The first-order valence-corrected chi connectivity index (χ1v) is 13.5. The van der Waals surface area contributed by atoms with Gasteiger partial charge in [-0.1, -0.05) is 55.1 Å². The molecule has 0 unspecified atom stereocenters. The number of hydrogen-bond donors (Lipinski definition) is 2. The molecule has 4 aromatic heterocycles. The van der Waals surface area contributed by atoms with Crippen LogP contribution in [0.4, 0.5) is 4.39 Å². The lowest BCUT2D eigenvalue weighted by molar-refractivity contribution is 0.659. The highest BCUT2D eigenvalue weighted by Gasteiger charge is 2.18. The second-order valence-electron chi connectivity index (χ2n) is 9.94. The van der Waals surface area contributed by atoms with E-state index >= 15 is 0 Å². The minimum absolute atomic E-state index is 0.196. The van der Waals surface area contributed by atoms with Gasteiger partial charge in [-0.3, -0.25) is 15.1 Å². The summed E-state index contributed by atoms with van der Waals surface area (Å²) in [6.45, 7) is 6.07. The number of halogens is 1. The maximum atomic E-state index is 14.7. The fourth-order valence-corrected chi connectivity index (χ4v) is 5.27. The summed E-state index contributed by atoms with van der Waals surface area (Å²) in [7, 11) is 0. The van der Waals surface area contributed by atoms with Crippen LogP contribution in [-0.4, -0.2) is 25.1 Å². The van der Waals surface area contributed by atoms with Gasteiger partial charge in [0.2, 0.25) is 0 Å². The van der Waals surface area contributed by atoms with Crippen molar-refractivity contribution in [1.29, 1.82) is 0 Å². The Balaban J connectivity index is 1.35. The minimum atomic E-state index is -0.196. The predicted molar refractivity (Wildman–Crippen MR) is 162 cm³/mol. The molecule has 40 heavy (non-hydrogen) atoms. The zero-order chi connectivity index (χ0) is 27.5. The van der Waals surface area contributed by atoms with Crippen LogP contribution < -0.4 is 0 Å². The van der Waals surface area contributed by atoms with Crippen LogP contribution in [0.2, 0.25) is 0 Å². The van der Waals surface area contributed by atoms with Crippen molar-refractivity contribution in [3.63, 3.8) is 0 Å². The van der Waals surface area contributed by atoms with E-state index in [0.29, 0.717) is 12.0 Å². The molecule has 4 heterocycles. The third-order valence-corrected chi connectivity index (χ3v) is 7.44. The van der Waals surface area contributed by atoms with Gasteiger partial charge in [0.05, 0.1) is 34.8 Å². The molecule has 0 spiro atoms. The van der Waals surface area contributed by atoms with Gasteiger partial charge in [-0.25, -0.2) is 4.39 Å². The van der Waals surface area contributed by atoms with Crippen molar-refractivity contribution in [2.45, 2.75) is 32.6 Å². The molecular weight excluding hydrogens is 497 g/mol. The molecule has 198 valence electrons. The van der Waals surface area contributed by atoms with E-state index in [4.69, 9.17) is 4.98 Å². The van der Waals surface area contributed by atoms with Gasteiger partial charge in [-0.15, -0.1) is 0 Å². The summed E-state index contributed by atoms with van der Waals surface area (Å²) in [6, 6.07) is 14.6. The number of aromatic amines is 2. The minimum Gasteiger partial charge on any atom is -0.352 e. The molecule has 5 nitrogen and oxygen atoms in total. The molecule has 0 atom stereocenters. The highest BCUT2D eigenvalue weighted by atomic mass is 19.1. The Hall–Kier alpha value is -4.84. The first-order chi connectivity index (χ1) is 19.6. The number of aryl methyl sites for hydroxylation is 1. The van der Waals surface area contributed by atoms with Crippen LogP contribution in [0.3, 0.4) is 0 Å². The van der Waals surface area contributed by atoms with Crippen LogP contribution >= 0.6 is 0 Å². The Bertz CT molecular complexity index is 1830. The Morgan fingerprint density at radius 1 is 1.07 bits per heavy atom. The SMILES string of the molecule is C=C/C(=C\C(=C/C)c1cc2c(-c3cc4c(C5=C(F)C=CCC5)cncc4[nH]3)n[nH]c2cn1)CCc1ccccc1. The Morgan fingerprint density at radius 2 is 1.95 bits per heavy atom. The number of aromatic nitrogens is 5. The summed E-state index contributed by atoms with van der Waals surface area (Å²) in [5.41, 5.74) is 9.16. The number of rotatable bonds is 8. The van der Waals surface area contributed by atoms with Gasteiger partial charge < -0.3 is 4.98 Å². The van der Waals surface area contributed by atoms with Crippen molar-refractivity contribution in [2.24, 2.45) is 0 Å². The van der Waals surface area contributed by atoms with Crippen molar-refractivity contribution in [1.82, 2.24) is 25.1 Å². The number of hydrogen-bond acceptors (Lipinski definition) is 3. The molecule has 0 fully saturated rings. The summed E-state index contributed by atoms with van der Waals surface area (Å²) >= 11 is 0. The molecule has 1 aliphatic carbocycles. The standard InChI is InChI=1S/C34H30FN5/c1-3-22(14-15-23-10-6-5-7-11-23)16-24(4-2)30-18-27-33(21-37-30)39-40-34(27)31-17-26-28(19-36-20-32(26)38-31)25-12-8-9-13-29(25)35/h3-7,9-11,13,16-21,38H,1,8,12,14-15H2,2H3,(H,39,40)/b22-16+,24-4+. The zero-order valence-corrected chi connectivity index (χ0v) is 22.4. The average Bonchev–Trinajstić information content (AvgIpc) is 3.62. The lowest BCUT2D eigenvalue weighted by Crippen LogP contribution is -1.93. The number of fused-ring (bicyclic) bond motifs is 2. The summed E-state index contributed by atoms with van der Waals surface area (Å²) in [5, 5.41) is 9.62. The Kier molecular flexibility index (Phi) is 7.06. The summed E-state index contributed by atoms with van der Waals surface area (Å²) in [5.74, 6) is -0.196. The number of H-pyrrole nitrogens is 2. The fourth-order valence-electron chi connectivity index (χ4n) is 5.27. The Morgan fingerprint density at radius 3 is 2.75 bits per heavy atom. The molecule has 6 heteroatoms. The van der Waals surface area contributed by atoms with Crippen LogP contribution in [-0.2, 0) is 6.42 Å². The van der Waals surface area contributed by atoms with E-state index in [-0.39, 0.29) is 5.83 Å². The lowest BCUT2D eigenvalue weighted by atomic mass is 9.95. The van der Waals surface area contributed by atoms with Gasteiger partial charge >= 0.3 is 0 Å². The van der Waals surface area contributed by atoms with E-state index in [2.05, 4.69) is 69.2 Å². The topological polar surface area (TPSA) is 70.2 Å². The lowest BCUT2D eigenvalue weighted by Gasteiger charge is -2.11. The number of nitrogens with one attached hydrogen (secondary N) is 2. The number of nitrogens with zero attached hydrogens (tertiary/aromatic N) is 3. The van der Waals surface area contributed by atoms with Gasteiger partial charge in [-0.2, -0.15) is 5.10 Å². The fraction of sp³-hybridized carbons (Fsp3) is 0.147. The van der Waals surface area contributed by atoms with Crippen LogP contribution in [0.15, 0.2) is 109 Å². The maximum absolute atomic E-state index is 14.7. The van der Waals surface area contributed by atoms with Crippen molar-refractivity contribution < 1.29 is 4.39 Å². The van der Waals surface area contributed by atoms with Gasteiger partial charge in [0, 0.05) is 22.5 Å². The molecular formula is C34H30FN5. The van der Waals surface area contributed by atoms with Crippen molar-refractivity contribution >= 4 is 33.0 Å². The predicted octanol–water partition coefficient (Wildman–Crippen LogP) is 8.68. The van der Waals surface area contributed by atoms with Crippen LogP contribution in [0.1, 0.15) is 43.0 Å². The molecule has 0 amide bonds. The van der Waals surface area contributed by atoms with Gasteiger partial charge in [0.1, 0.15) is 11.5 Å². The Labute approximate surface area is 232 Å². The smallest absolute Gasteiger partial charge is 0.126 e. The summed E-state index contributed by atoms with van der Waals surface area (Å²) in [4.78, 5) is 12.6. The first kappa shape index (κ1) is 25.4.